The Labute approximate surface area is 201 Å². The van der Waals surface area contributed by atoms with E-state index < -0.39 is 17.6 Å². The number of carbonyl (C=O) groups is 2. The van der Waals surface area contributed by atoms with Crippen LogP contribution < -0.4 is 5.32 Å². The number of carboxylic acid groups (broad SMARTS) is 1. The van der Waals surface area contributed by atoms with Crippen molar-refractivity contribution in [3.05, 3.63) is 80.5 Å². The molecule has 1 aliphatic carbocycles. The molecule has 2 N–H and O–H groups in total. The van der Waals surface area contributed by atoms with Gasteiger partial charge in [0.15, 0.2) is 0 Å². The van der Waals surface area contributed by atoms with Crippen LogP contribution in [0.5, 0.6) is 0 Å². The zero-order valence-corrected chi connectivity index (χ0v) is 20.0. The van der Waals surface area contributed by atoms with Crippen LogP contribution in [0.25, 0.3) is 11.1 Å². The first-order valence-corrected chi connectivity index (χ1v) is 12.2. The van der Waals surface area contributed by atoms with E-state index in [1.807, 2.05) is 38.1 Å². The summed E-state index contributed by atoms with van der Waals surface area (Å²) < 4.78 is 27.1. The van der Waals surface area contributed by atoms with Gasteiger partial charge in [-0.15, -0.1) is 11.3 Å². The van der Waals surface area contributed by atoms with Crippen LogP contribution in [0.2, 0.25) is 0 Å². The number of hydrogen-bond donors (Lipinski definition) is 2. The Balaban J connectivity index is 1.49. The SMILES string of the molecule is Cc1sc(C)c(C(=O)NC2CCC(C(=O)O)CC2)c1Cc1ccc(-c2cc(F)cc(F)c2)cc1. The summed E-state index contributed by atoms with van der Waals surface area (Å²) in [6.45, 7) is 3.95. The number of thiophene rings is 1. The summed E-state index contributed by atoms with van der Waals surface area (Å²) in [5, 5.41) is 12.3. The van der Waals surface area contributed by atoms with Gasteiger partial charge in [-0.2, -0.15) is 0 Å². The van der Waals surface area contributed by atoms with E-state index >= 15 is 0 Å². The molecule has 0 spiro atoms. The van der Waals surface area contributed by atoms with Crippen LogP contribution in [0.4, 0.5) is 8.78 Å². The van der Waals surface area contributed by atoms with E-state index in [-0.39, 0.29) is 17.9 Å². The van der Waals surface area contributed by atoms with Gasteiger partial charge in [0.25, 0.3) is 5.91 Å². The number of rotatable bonds is 6. The highest BCUT2D eigenvalue weighted by molar-refractivity contribution is 7.12. The standard InChI is InChI=1S/C27H27F2NO3S/c1-15-24(11-17-3-5-18(6-4-17)20-12-21(28)14-22(29)13-20)25(16(2)34-15)26(31)30-23-9-7-19(8-10-23)27(32)33/h3-6,12-14,19,23H,7-11H2,1-2H3,(H,30,31)(H,32,33). The number of aliphatic carboxylic acids is 1. The summed E-state index contributed by atoms with van der Waals surface area (Å²) >= 11 is 1.59. The number of aryl methyl sites for hydroxylation is 2. The molecule has 1 aromatic heterocycles. The lowest BCUT2D eigenvalue weighted by molar-refractivity contribution is -0.142. The lowest BCUT2D eigenvalue weighted by Crippen LogP contribution is -2.39. The normalized spacial score (nSPS) is 18.0. The maximum Gasteiger partial charge on any atom is 0.306 e. The smallest absolute Gasteiger partial charge is 0.306 e. The highest BCUT2D eigenvalue weighted by Gasteiger charge is 2.28. The largest absolute Gasteiger partial charge is 0.481 e. The number of carboxylic acids is 1. The molecule has 4 rings (SSSR count). The van der Waals surface area contributed by atoms with Crippen molar-refractivity contribution in [2.24, 2.45) is 5.92 Å². The topological polar surface area (TPSA) is 66.4 Å². The zero-order valence-electron chi connectivity index (χ0n) is 19.2. The van der Waals surface area contributed by atoms with E-state index in [0.29, 0.717) is 43.2 Å². The van der Waals surface area contributed by atoms with Gasteiger partial charge in [0.1, 0.15) is 11.6 Å². The first-order valence-electron chi connectivity index (χ1n) is 11.4. The minimum atomic E-state index is -0.759. The van der Waals surface area contributed by atoms with E-state index in [0.717, 1.165) is 32.5 Å². The molecule has 7 heteroatoms. The second-order valence-electron chi connectivity index (χ2n) is 8.96. The van der Waals surface area contributed by atoms with E-state index in [4.69, 9.17) is 0 Å². The van der Waals surface area contributed by atoms with Crippen LogP contribution in [0.3, 0.4) is 0 Å². The number of amides is 1. The molecule has 1 saturated carbocycles. The van der Waals surface area contributed by atoms with Crippen LogP contribution in [-0.4, -0.2) is 23.0 Å². The second-order valence-corrected chi connectivity index (χ2v) is 10.4. The fourth-order valence-electron chi connectivity index (χ4n) is 4.72. The van der Waals surface area contributed by atoms with E-state index in [2.05, 4.69) is 5.32 Å². The highest BCUT2D eigenvalue weighted by atomic mass is 32.1. The molecule has 0 saturated heterocycles. The van der Waals surface area contributed by atoms with Crippen molar-refractivity contribution in [2.45, 2.75) is 52.0 Å². The van der Waals surface area contributed by atoms with Gasteiger partial charge in [-0.05, 0) is 80.3 Å². The number of hydrogen-bond acceptors (Lipinski definition) is 3. The molecule has 1 fully saturated rings. The van der Waals surface area contributed by atoms with Crippen molar-refractivity contribution < 1.29 is 23.5 Å². The monoisotopic (exact) mass is 483 g/mol. The van der Waals surface area contributed by atoms with E-state index in [1.165, 1.54) is 12.1 Å². The van der Waals surface area contributed by atoms with Crippen molar-refractivity contribution in [3.8, 4) is 11.1 Å². The third kappa shape index (κ3) is 5.36. The molecular weight excluding hydrogens is 456 g/mol. The van der Waals surface area contributed by atoms with Gasteiger partial charge in [0.05, 0.1) is 11.5 Å². The number of benzene rings is 2. The molecule has 0 atom stereocenters. The summed E-state index contributed by atoms with van der Waals surface area (Å²) in [6, 6.07) is 10.9. The summed E-state index contributed by atoms with van der Waals surface area (Å²) in [4.78, 5) is 26.4. The Kier molecular flexibility index (Phi) is 7.12. The third-order valence-corrected chi connectivity index (χ3v) is 7.62. The minimum absolute atomic E-state index is 0.0125. The van der Waals surface area contributed by atoms with Crippen molar-refractivity contribution >= 4 is 23.2 Å². The number of halogens is 2. The molecule has 4 nitrogen and oxygen atoms in total. The van der Waals surface area contributed by atoms with Crippen LogP contribution >= 0.6 is 11.3 Å². The highest BCUT2D eigenvalue weighted by Crippen LogP contribution is 2.31. The zero-order chi connectivity index (χ0) is 24.4. The molecule has 1 amide bonds. The first kappa shape index (κ1) is 24.1. The van der Waals surface area contributed by atoms with Crippen LogP contribution in [-0.2, 0) is 11.2 Å². The van der Waals surface area contributed by atoms with Crippen molar-refractivity contribution in [2.75, 3.05) is 0 Å². The molecule has 0 radical (unpaired) electrons. The summed E-state index contributed by atoms with van der Waals surface area (Å²) in [7, 11) is 0. The Morgan fingerprint density at radius 2 is 1.56 bits per heavy atom. The Hall–Kier alpha value is -3.06. The Morgan fingerprint density at radius 3 is 2.15 bits per heavy atom. The molecule has 34 heavy (non-hydrogen) atoms. The number of nitrogens with one attached hydrogen (secondary N) is 1. The first-order chi connectivity index (χ1) is 16.2. The van der Waals surface area contributed by atoms with Gasteiger partial charge in [-0.1, -0.05) is 24.3 Å². The van der Waals surface area contributed by atoms with Gasteiger partial charge in [0, 0.05) is 21.9 Å². The lowest BCUT2D eigenvalue weighted by atomic mass is 9.86. The quantitative estimate of drug-likeness (QED) is 0.434. The summed E-state index contributed by atoms with van der Waals surface area (Å²) in [5.74, 6) is -2.42. The Bertz CT molecular complexity index is 1190. The van der Waals surface area contributed by atoms with E-state index in [9.17, 15) is 23.5 Å². The van der Waals surface area contributed by atoms with E-state index in [1.54, 1.807) is 11.3 Å². The summed E-state index contributed by atoms with van der Waals surface area (Å²) in [5.41, 5.74) is 3.86. The molecule has 1 aliphatic rings. The van der Waals surface area contributed by atoms with Gasteiger partial charge in [-0.3, -0.25) is 9.59 Å². The predicted molar refractivity (Wildman–Crippen MR) is 129 cm³/mol. The van der Waals surface area contributed by atoms with Crippen molar-refractivity contribution in [3.63, 3.8) is 0 Å². The average Bonchev–Trinajstić information content (AvgIpc) is 3.06. The van der Waals surface area contributed by atoms with Gasteiger partial charge < -0.3 is 10.4 Å². The molecule has 178 valence electrons. The molecule has 0 aliphatic heterocycles. The maximum absolute atomic E-state index is 13.6. The molecule has 2 aromatic carbocycles. The van der Waals surface area contributed by atoms with Crippen LogP contribution in [0, 0.1) is 31.4 Å². The average molecular weight is 484 g/mol. The van der Waals surface area contributed by atoms with Gasteiger partial charge in [0.2, 0.25) is 0 Å². The predicted octanol–water partition coefficient (Wildman–Crippen LogP) is 6.27. The number of carbonyl (C=O) groups excluding carboxylic acids is 1. The van der Waals surface area contributed by atoms with Gasteiger partial charge in [-0.25, -0.2) is 8.78 Å². The molecule has 3 aromatic rings. The molecule has 1 heterocycles. The fraction of sp³-hybridized carbons (Fsp3) is 0.333. The maximum atomic E-state index is 13.6. The summed E-state index contributed by atoms with van der Waals surface area (Å²) in [6.07, 6.45) is 3.07. The Morgan fingerprint density at radius 1 is 0.941 bits per heavy atom. The third-order valence-electron chi connectivity index (χ3n) is 6.55. The van der Waals surface area contributed by atoms with Crippen molar-refractivity contribution in [1.82, 2.24) is 5.32 Å². The lowest BCUT2D eigenvalue weighted by Gasteiger charge is -2.27. The second kappa shape index (κ2) is 10.1. The molecule has 0 bridgehead atoms. The van der Waals surface area contributed by atoms with Crippen LogP contribution in [0.1, 0.15) is 56.9 Å². The van der Waals surface area contributed by atoms with Crippen LogP contribution in [0.15, 0.2) is 42.5 Å². The molecule has 0 unspecified atom stereocenters. The van der Waals surface area contributed by atoms with Gasteiger partial charge >= 0.3 is 5.97 Å². The fourth-order valence-corrected chi connectivity index (χ4v) is 5.80. The molecular formula is C27H27F2NO3S. The minimum Gasteiger partial charge on any atom is -0.481 e. The van der Waals surface area contributed by atoms with Crippen molar-refractivity contribution in [1.29, 1.82) is 0 Å².